The molecule has 0 aliphatic carbocycles. The molecule has 0 spiro atoms. The summed E-state index contributed by atoms with van der Waals surface area (Å²) in [5.41, 5.74) is 14.0. The van der Waals surface area contributed by atoms with Crippen LogP contribution in [0.1, 0.15) is 0 Å². The van der Waals surface area contributed by atoms with Crippen LogP contribution in [0.15, 0.2) is 194 Å². The van der Waals surface area contributed by atoms with Gasteiger partial charge in [0, 0.05) is 38.4 Å². The summed E-state index contributed by atoms with van der Waals surface area (Å²) in [6.07, 6.45) is 0. The molecule has 0 saturated heterocycles. The standard InChI is InChI=1S/C50H32N4/c1-5-14-33(15-6-1)40-22-13-23-41(46(40)34-16-7-2-8-17-34)44-31-28-37-25-24-36-27-30-43(51-48(36)49(37)52-44)39-26-29-42-45(32-39)53-50(38-20-11-4-12-21-38)54-47(42)35-18-9-3-10-19-35/h1-32H. The smallest absolute Gasteiger partial charge is 0.160 e. The van der Waals surface area contributed by atoms with Crippen LogP contribution in [0.4, 0.5) is 0 Å². The molecule has 0 amide bonds. The van der Waals surface area contributed by atoms with E-state index in [0.717, 1.165) is 83.2 Å². The van der Waals surface area contributed by atoms with Gasteiger partial charge in [0.05, 0.1) is 33.6 Å². The van der Waals surface area contributed by atoms with E-state index in [9.17, 15) is 0 Å². The van der Waals surface area contributed by atoms with Crippen LogP contribution < -0.4 is 0 Å². The fourth-order valence-electron chi connectivity index (χ4n) is 7.44. The molecule has 10 aromatic rings. The molecule has 0 radical (unpaired) electrons. The molecule has 54 heavy (non-hydrogen) atoms. The first-order valence-corrected chi connectivity index (χ1v) is 18.1. The Bertz CT molecular complexity index is 2960. The maximum absolute atomic E-state index is 5.39. The van der Waals surface area contributed by atoms with Crippen LogP contribution in [0.5, 0.6) is 0 Å². The van der Waals surface area contributed by atoms with E-state index in [1.807, 2.05) is 36.4 Å². The Kier molecular flexibility index (Phi) is 7.77. The van der Waals surface area contributed by atoms with Crippen molar-refractivity contribution in [2.24, 2.45) is 0 Å². The van der Waals surface area contributed by atoms with E-state index in [4.69, 9.17) is 19.9 Å². The average molecular weight is 689 g/mol. The van der Waals surface area contributed by atoms with E-state index in [1.54, 1.807) is 0 Å². The minimum absolute atomic E-state index is 0.694. The zero-order valence-corrected chi connectivity index (χ0v) is 29.3. The third-order valence-electron chi connectivity index (χ3n) is 10.1. The van der Waals surface area contributed by atoms with Gasteiger partial charge in [-0.15, -0.1) is 0 Å². The molecule has 7 aromatic carbocycles. The molecule has 10 rings (SSSR count). The summed E-state index contributed by atoms with van der Waals surface area (Å²) in [6, 6.07) is 67.3. The van der Waals surface area contributed by atoms with Crippen molar-refractivity contribution in [2.75, 3.05) is 0 Å². The fourth-order valence-corrected chi connectivity index (χ4v) is 7.44. The number of hydrogen-bond donors (Lipinski definition) is 0. The number of rotatable bonds is 6. The SMILES string of the molecule is c1ccc(-c2nc(-c3ccccc3)c3ccc(-c4ccc5ccc6ccc(-c7cccc(-c8ccccc8)c7-c7ccccc7)nc6c5n4)cc3n2)cc1. The Morgan fingerprint density at radius 3 is 1.52 bits per heavy atom. The summed E-state index contributed by atoms with van der Waals surface area (Å²) < 4.78 is 0. The van der Waals surface area contributed by atoms with Crippen LogP contribution in [0.3, 0.4) is 0 Å². The van der Waals surface area contributed by atoms with Gasteiger partial charge in [0.1, 0.15) is 0 Å². The Hall–Kier alpha value is -7.30. The van der Waals surface area contributed by atoms with Crippen molar-refractivity contribution >= 4 is 32.7 Å². The van der Waals surface area contributed by atoms with Gasteiger partial charge < -0.3 is 0 Å². The Balaban J connectivity index is 1.14. The van der Waals surface area contributed by atoms with E-state index in [0.29, 0.717) is 5.82 Å². The predicted molar refractivity (Wildman–Crippen MR) is 223 cm³/mol. The molecule has 4 nitrogen and oxygen atoms in total. The molecule has 0 fully saturated rings. The van der Waals surface area contributed by atoms with Crippen molar-refractivity contribution in [2.45, 2.75) is 0 Å². The highest BCUT2D eigenvalue weighted by Gasteiger charge is 2.17. The largest absolute Gasteiger partial charge is 0.245 e. The first-order chi connectivity index (χ1) is 26.8. The Labute approximate surface area is 313 Å². The van der Waals surface area contributed by atoms with Crippen molar-refractivity contribution in [1.29, 1.82) is 0 Å². The zero-order valence-electron chi connectivity index (χ0n) is 29.3. The van der Waals surface area contributed by atoms with Gasteiger partial charge in [-0.1, -0.05) is 170 Å². The highest BCUT2D eigenvalue weighted by atomic mass is 14.9. The Morgan fingerprint density at radius 1 is 0.315 bits per heavy atom. The van der Waals surface area contributed by atoms with Crippen LogP contribution in [-0.2, 0) is 0 Å². The van der Waals surface area contributed by atoms with Crippen LogP contribution in [0, 0.1) is 0 Å². The van der Waals surface area contributed by atoms with E-state index in [1.165, 1.54) is 11.1 Å². The number of pyridine rings is 2. The molecule has 4 heteroatoms. The van der Waals surface area contributed by atoms with Crippen molar-refractivity contribution in [3.63, 3.8) is 0 Å². The lowest BCUT2D eigenvalue weighted by Gasteiger charge is -2.16. The first-order valence-electron chi connectivity index (χ1n) is 18.1. The highest BCUT2D eigenvalue weighted by Crippen LogP contribution is 2.40. The lowest BCUT2D eigenvalue weighted by atomic mass is 9.89. The second kappa shape index (κ2) is 13.4. The summed E-state index contributed by atoms with van der Waals surface area (Å²) >= 11 is 0. The Morgan fingerprint density at radius 2 is 0.852 bits per heavy atom. The third-order valence-corrected chi connectivity index (χ3v) is 10.1. The molecular weight excluding hydrogens is 657 g/mol. The predicted octanol–water partition coefficient (Wildman–Crippen LogP) is 12.7. The van der Waals surface area contributed by atoms with Crippen LogP contribution in [-0.4, -0.2) is 19.9 Å². The summed E-state index contributed by atoms with van der Waals surface area (Å²) in [6.45, 7) is 0. The number of nitrogens with zero attached hydrogens (tertiary/aromatic N) is 4. The van der Waals surface area contributed by atoms with Gasteiger partial charge in [0.2, 0.25) is 0 Å². The van der Waals surface area contributed by atoms with Gasteiger partial charge in [-0.25, -0.2) is 19.9 Å². The topological polar surface area (TPSA) is 51.6 Å². The highest BCUT2D eigenvalue weighted by molar-refractivity contribution is 6.05. The lowest BCUT2D eigenvalue weighted by molar-refractivity contribution is 1.23. The van der Waals surface area contributed by atoms with Crippen molar-refractivity contribution < 1.29 is 0 Å². The second-order valence-electron chi connectivity index (χ2n) is 13.4. The first kappa shape index (κ1) is 31.4. The van der Waals surface area contributed by atoms with Gasteiger partial charge in [-0.3, -0.25) is 0 Å². The molecule has 0 aliphatic heterocycles. The molecule has 252 valence electrons. The summed E-state index contributed by atoms with van der Waals surface area (Å²) in [4.78, 5) is 20.9. The molecule has 0 N–H and O–H groups in total. The molecule has 0 unspecified atom stereocenters. The molecule has 0 saturated carbocycles. The molecule has 3 aromatic heterocycles. The van der Waals surface area contributed by atoms with Gasteiger partial charge in [-0.05, 0) is 46.5 Å². The van der Waals surface area contributed by atoms with Crippen LogP contribution in [0.2, 0.25) is 0 Å². The molecule has 0 bridgehead atoms. The zero-order chi connectivity index (χ0) is 35.8. The van der Waals surface area contributed by atoms with Gasteiger partial charge in [-0.2, -0.15) is 0 Å². The average Bonchev–Trinajstić information content (AvgIpc) is 3.26. The van der Waals surface area contributed by atoms with E-state index in [-0.39, 0.29) is 0 Å². The second-order valence-corrected chi connectivity index (χ2v) is 13.4. The molecular formula is C50H32N4. The van der Waals surface area contributed by atoms with Gasteiger partial charge >= 0.3 is 0 Å². The van der Waals surface area contributed by atoms with Crippen molar-refractivity contribution in [1.82, 2.24) is 19.9 Å². The number of benzene rings is 7. The molecule has 3 heterocycles. The van der Waals surface area contributed by atoms with Gasteiger partial charge in [0.25, 0.3) is 0 Å². The quantitative estimate of drug-likeness (QED) is 0.163. The summed E-state index contributed by atoms with van der Waals surface area (Å²) in [5.74, 6) is 0.694. The maximum atomic E-state index is 5.39. The summed E-state index contributed by atoms with van der Waals surface area (Å²) in [7, 11) is 0. The normalized spacial score (nSPS) is 11.3. The maximum Gasteiger partial charge on any atom is 0.160 e. The fraction of sp³-hybridized carbons (Fsp3) is 0. The van der Waals surface area contributed by atoms with E-state index < -0.39 is 0 Å². The van der Waals surface area contributed by atoms with Crippen LogP contribution in [0.25, 0.3) is 100 Å². The number of aromatic nitrogens is 4. The summed E-state index contributed by atoms with van der Waals surface area (Å²) in [5, 5.41) is 3.08. The molecule has 0 aliphatic rings. The number of hydrogen-bond acceptors (Lipinski definition) is 4. The molecule has 0 atom stereocenters. The van der Waals surface area contributed by atoms with Crippen LogP contribution >= 0.6 is 0 Å². The third kappa shape index (κ3) is 5.67. The van der Waals surface area contributed by atoms with E-state index >= 15 is 0 Å². The minimum Gasteiger partial charge on any atom is -0.245 e. The lowest BCUT2D eigenvalue weighted by Crippen LogP contribution is -1.96. The monoisotopic (exact) mass is 688 g/mol. The number of fused-ring (bicyclic) bond motifs is 4. The van der Waals surface area contributed by atoms with Gasteiger partial charge in [0.15, 0.2) is 5.82 Å². The minimum atomic E-state index is 0.694. The van der Waals surface area contributed by atoms with E-state index in [2.05, 4.69) is 158 Å². The van der Waals surface area contributed by atoms with Crippen molar-refractivity contribution in [3.05, 3.63) is 194 Å². The van der Waals surface area contributed by atoms with Crippen molar-refractivity contribution in [3.8, 4) is 67.4 Å².